The number of halogens is 1. The summed E-state index contributed by atoms with van der Waals surface area (Å²) in [6.07, 6.45) is 0.382. The SMILES string of the molecule is CC(C)NC(=O)C(C)N(Cc1cccc(Br)c1)C(=O)CCSc1ccccc1. The molecule has 6 heteroatoms. The summed E-state index contributed by atoms with van der Waals surface area (Å²) in [6.45, 7) is 6.03. The number of carbonyl (C=O) groups excluding carboxylic acids is 2. The Balaban J connectivity index is 2.07. The molecule has 0 aliphatic heterocycles. The molecule has 0 fully saturated rings. The number of hydrogen-bond donors (Lipinski definition) is 1. The second-order valence-corrected chi connectivity index (χ2v) is 8.99. The van der Waals surface area contributed by atoms with Crippen molar-refractivity contribution in [2.75, 3.05) is 5.75 Å². The summed E-state index contributed by atoms with van der Waals surface area (Å²) in [5.74, 6) is 0.528. The average molecular weight is 463 g/mol. The molecule has 0 aliphatic carbocycles. The molecule has 0 aliphatic rings. The van der Waals surface area contributed by atoms with Crippen LogP contribution in [-0.4, -0.2) is 34.6 Å². The van der Waals surface area contributed by atoms with Gasteiger partial charge in [-0.15, -0.1) is 11.8 Å². The lowest BCUT2D eigenvalue weighted by Crippen LogP contribution is -2.49. The lowest BCUT2D eigenvalue weighted by molar-refractivity contribution is -0.140. The Hall–Kier alpha value is -1.79. The van der Waals surface area contributed by atoms with Gasteiger partial charge >= 0.3 is 0 Å². The monoisotopic (exact) mass is 462 g/mol. The minimum absolute atomic E-state index is 0.0187. The van der Waals surface area contributed by atoms with Crippen LogP contribution in [0, 0.1) is 0 Å². The summed E-state index contributed by atoms with van der Waals surface area (Å²) in [5, 5.41) is 2.91. The number of carbonyl (C=O) groups is 2. The molecular weight excluding hydrogens is 436 g/mol. The predicted molar refractivity (Wildman–Crippen MR) is 119 cm³/mol. The van der Waals surface area contributed by atoms with E-state index in [1.807, 2.05) is 68.4 Å². The van der Waals surface area contributed by atoms with Crippen molar-refractivity contribution < 1.29 is 9.59 Å². The van der Waals surface area contributed by atoms with E-state index in [4.69, 9.17) is 0 Å². The van der Waals surface area contributed by atoms with Crippen molar-refractivity contribution in [1.82, 2.24) is 10.2 Å². The van der Waals surface area contributed by atoms with Crippen LogP contribution in [0.4, 0.5) is 0 Å². The molecule has 1 atom stereocenters. The maximum atomic E-state index is 13.0. The first-order valence-electron chi connectivity index (χ1n) is 9.39. The van der Waals surface area contributed by atoms with Gasteiger partial charge in [-0.1, -0.05) is 46.3 Å². The van der Waals surface area contributed by atoms with Crippen molar-refractivity contribution in [1.29, 1.82) is 0 Å². The fraction of sp³-hybridized carbons (Fsp3) is 0.364. The number of nitrogens with one attached hydrogen (secondary N) is 1. The van der Waals surface area contributed by atoms with Crippen LogP contribution in [0.1, 0.15) is 32.8 Å². The molecule has 0 saturated heterocycles. The normalized spacial score (nSPS) is 11.9. The summed E-state index contributed by atoms with van der Waals surface area (Å²) >= 11 is 5.12. The molecule has 1 N–H and O–H groups in total. The summed E-state index contributed by atoms with van der Waals surface area (Å²) < 4.78 is 0.955. The maximum absolute atomic E-state index is 13.0. The number of benzene rings is 2. The van der Waals surface area contributed by atoms with Crippen molar-refractivity contribution >= 4 is 39.5 Å². The molecule has 1 unspecified atom stereocenters. The molecule has 0 radical (unpaired) electrons. The Morgan fingerprint density at radius 1 is 1.07 bits per heavy atom. The molecular formula is C22H27BrN2O2S. The Bertz CT molecular complexity index is 783. The first kappa shape index (κ1) is 22.5. The molecule has 28 heavy (non-hydrogen) atoms. The smallest absolute Gasteiger partial charge is 0.242 e. The van der Waals surface area contributed by atoms with Crippen molar-refractivity contribution in [3.8, 4) is 0 Å². The molecule has 2 aromatic rings. The van der Waals surface area contributed by atoms with E-state index in [1.165, 1.54) is 0 Å². The zero-order valence-corrected chi connectivity index (χ0v) is 18.9. The van der Waals surface area contributed by atoms with Gasteiger partial charge in [0, 0.05) is 34.1 Å². The van der Waals surface area contributed by atoms with Crippen molar-refractivity contribution in [3.05, 3.63) is 64.6 Å². The van der Waals surface area contributed by atoms with E-state index in [2.05, 4.69) is 21.2 Å². The summed E-state index contributed by atoms with van der Waals surface area (Å²) in [5.41, 5.74) is 0.989. The Morgan fingerprint density at radius 2 is 1.79 bits per heavy atom. The minimum atomic E-state index is -0.532. The third kappa shape index (κ3) is 7.32. The second-order valence-electron chi connectivity index (χ2n) is 6.90. The van der Waals surface area contributed by atoms with E-state index in [-0.39, 0.29) is 17.9 Å². The van der Waals surface area contributed by atoms with Gasteiger partial charge in [0.05, 0.1) is 0 Å². The fourth-order valence-electron chi connectivity index (χ4n) is 2.74. The van der Waals surface area contributed by atoms with Gasteiger partial charge in [-0.3, -0.25) is 9.59 Å². The van der Waals surface area contributed by atoms with Crippen LogP contribution >= 0.6 is 27.7 Å². The predicted octanol–water partition coefficient (Wildman–Crippen LogP) is 4.87. The third-order valence-electron chi connectivity index (χ3n) is 4.17. The molecule has 0 spiro atoms. The molecule has 150 valence electrons. The average Bonchev–Trinajstić information content (AvgIpc) is 2.66. The largest absolute Gasteiger partial charge is 0.352 e. The highest BCUT2D eigenvalue weighted by atomic mass is 79.9. The topological polar surface area (TPSA) is 49.4 Å². The molecule has 2 rings (SSSR count). The number of nitrogens with zero attached hydrogens (tertiary/aromatic N) is 1. The number of amides is 2. The van der Waals surface area contributed by atoms with Gasteiger partial charge in [0.25, 0.3) is 0 Å². The molecule has 0 saturated carbocycles. The van der Waals surface area contributed by atoms with Gasteiger partial charge < -0.3 is 10.2 Å². The number of hydrogen-bond acceptors (Lipinski definition) is 3. The molecule has 0 heterocycles. The molecule has 2 amide bonds. The molecule has 4 nitrogen and oxygen atoms in total. The van der Waals surface area contributed by atoms with Crippen molar-refractivity contribution in [2.24, 2.45) is 0 Å². The van der Waals surface area contributed by atoms with Crippen molar-refractivity contribution in [2.45, 2.75) is 50.7 Å². The van der Waals surface area contributed by atoms with Crippen LogP contribution < -0.4 is 5.32 Å². The van der Waals surface area contributed by atoms with Crippen LogP contribution in [0.25, 0.3) is 0 Å². The first-order valence-corrected chi connectivity index (χ1v) is 11.2. The molecule has 0 bridgehead atoms. The highest BCUT2D eigenvalue weighted by molar-refractivity contribution is 9.10. The highest BCUT2D eigenvalue weighted by Gasteiger charge is 2.26. The Labute approximate surface area is 180 Å². The lowest BCUT2D eigenvalue weighted by Gasteiger charge is -2.29. The van der Waals surface area contributed by atoms with Gasteiger partial charge in [-0.05, 0) is 50.6 Å². The molecule has 2 aromatic carbocycles. The van der Waals surface area contributed by atoms with Gasteiger partial charge in [0.15, 0.2) is 0 Å². The quantitative estimate of drug-likeness (QED) is 0.540. The van der Waals surface area contributed by atoms with E-state index in [0.29, 0.717) is 18.7 Å². The van der Waals surface area contributed by atoms with E-state index in [1.54, 1.807) is 23.6 Å². The van der Waals surface area contributed by atoms with Crippen LogP contribution in [0.5, 0.6) is 0 Å². The van der Waals surface area contributed by atoms with E-state index in [9.17, 15) is 9.59 Å². The number of thioether (sulfide) groups is 1. The third-order valence-corrected chi connectivity index (χ3v) is 5.68. The Morgan fingerprint density at radius 3 is 2.43 bits per heavy atom. The molecule has 0 aromatic heterocycles. The standard InChI is InChI=1S/C22H27BrN2O2S/c1-16(2)24-22(27)17(3)25(15-18-8-7-9-19(23)14-18)21(26)12-13-28-20-10-5-4-6-11-20/h4-11,14,16-17H,12-13,15H2,1-3H3,(H,24,27). The van der Waals surface area contributed by atoms with Crippen LogP contribution in [0.15, 0.2) is 64.0 Å². The van der Waals surface area contributed by atoms with Crippen LogP contribution in [-0.2, 0) is 16.1 Å². The summed E-state index contributed by atoms with van der Waals surface area (Å²) in [4.78, 5) is 28.3. The Kier molecular flexibility index (Phi) is 9.06. The summed E-state index contributed by atoms with van der Waals surface area (Å²) in [6, 6.07) is 17.4. The summed E-state index contributed by atoms with van der Waals surface area (Å²) in [7, 11) is 0. The maximum Gasteiger partial charge on any atom is 0.242 e. The van der Waals surface area contributed by atoms with E-state index >= 15 is 0 Å². The van der Waals surface area contributed by atoms with Gasteiger partial charge in [0.1, 0.15) is 6.04 Å². The highest BCUT2D eigenvalue weighted by Crippen LogP contribution is 2.20. The fourth-order valence-corrected chi connectivity index (χ4v) is 4.04. The lowest BCUT2D eigenvalue weighted by atomic mass is 10.1. The van der Waals surface area contributed by atoms with Crippen LogP contribution in [0.3, 0.4) is 0 Å². The second kappa shape index (κ2) is 11.3. The van der Waals surface area contributed by atoms with Gasteiger partial charge in [-0.2, -0.15) is 0 Å². The van der Waals surface area contributed by atoms with Crippen molar-refractivity contribution in [3.63, 3.8) is 0 Å². The first-order chi connectivity index (χ1) is 13.4. The van der Waals surface area contributed by atoms with E-state index < -0.39 is 6.04 Å². The van der Waals surface area contributed by atoms with Gasteiger partial charge in [-0.25, -0.2) is 0 Å². The van der Waals surface area contributed by atoms with E-state index in [0.717, 1.165) is 14.9 Å². The van der Waals surface area contributed by atoms with Crippen LogP contribution in [0.2, 0.25) is 0 Å². The zero-order valence-electron chi connectivity index (χ0n) is 16.5. The number of rotatable bonds is 9. The minimum Gasteiger partial charge on any atom is -0.352 e. The zero-order chi connectivity index (χ0) is 20.5. The van der Waals surface area contributed by atoms with Gasteiger partial charge in [0.2, 0.25) is 11.8 Å².